The van der Waals surface area contributed by atoms with Crippen molar-refractivity contribution in [3.8, 4) is 6.07 Å². The minimum absolute atomic E-state index is 0.0117. The fourth-order valence-corrected chi connectivity index (χ4v) is 1.10. The summed E-state index contributed by atoms with van der Waals surface area (Å²) in [5.74, 6) is -0.604. The fraction of sp³-hybridized carbons (Fsp3) is 0.273. The van der Waals surface area contributed by atoms with Gasteiger partial charge in [0, 0.05) is 0 Å². The maximum absolute atomic E-state index is 10.9. The second-order valence-corrected chi connectivity index (χ2v) is 3.05. The molecule has 0 heterocycles. The Hall–Kier alpha value is -1.86. The summed E-state index contributed by atoms with van der Waals surface area (Å²) >= 11 is 0. The molecular weight excluding hydrogens is 192 g/mol. The number of primary amides is 1. The molecule has 1 aromatic carbocycles. The van der Waals surface area contributed by atoms with E-state index in [-0.39, 0.29) is 13.0 Å². The second-order valence-electron chi connectivity index (χ2n) is 3.05. The number of carbonyl (C=O) groups is 1. The minimum Gasteiger partial charge on any atom is -0.367 e. The maximum atomic E-state index is 10.9. The first-order valence-electron chi connectivity index (χ1n) is 4.56. The zero-order valence-corrected chi connectivity index (χ0v) is 8.22. The highest BCUT2D eigenvalue weighted by Crippen LogP contribution is 2.05. The molecule has 2 N–H and O–H groups in total. The van der Waals surface area contributed by atoms with Crippen LogP contribution in [0.2, 0.25) is 0 Å². The first-order valence-corrected chi connectivity index (χ1v) is 4.56. The van der Waals surface area contributed by atoms with Crippen LogP contribution in [0.15, 0.2) is 30.3 Å². The number of ether oxygens (including phenoxy) is 1. The molecule has 0 unspecified atom stereocenters. The van der Waals surface area contributed by atoms with E-state index < -0.39 is 12.0 Å². The fourth-order valence-electron chi connectivity index (χ4n) is 1.10. The van der Waals surface area contributed by atoms with Gasteiger partial charge in [-0.25, -0.2) is 0 Å². The van der Waals surface area contributed by atoms with Gasteiger partial charge in [-0.05, 0) is 5.56 Å². The Labute approximate surface area is 88.3 Å². The Morgan fingerprint density at radius 2 is 2.13 bits per heavy atom. The van der Waals surface area contributed by atoms with Gasteiger partial charge in [-0.3, -0.25) is 4.79 Å². The van der Waals surface area contributed by atoms with Gasteiger partial charge in [-0.1, -0.05) is 30.3 Å². The van der Waals surface area contributed by atoms with Crippen LogP contribution in [0.4, 0.5) is 0 Å². The summed E-state index contributed by atoms with van der Waals surface area (Å²) in [5, 5.41) is 8.44. The van der Waals surface area contributed by atoms with Crippen LogP contribution < -0.4 is 5.73 Å². The van der Waals surface area contributed by atoms with Gasteiger partial charge in [0.05, 0.1) is 19.1 Å². The number of nitrogens with zero attached hydrogens (tertiary/aromatic N) is 1. The van der Waals surface area contributed by atoms with Crippen LogP contribution in [0.5, 0.6) is 0 Å². The standard InChI is InChI=1S/C11H12N2O2/c12-7-6-10(11(13)14)15-8-9-4-2-1-3-5-9/h1-5,10H,6,8H2,(H2,13,14)/t10-/m1/s1. The molecule has 1 atom stereocenters. The van der Waals surface area contributed by atoms with Crippen LogP contribution in [0.1, 0.15) is 12.0 Å². The van der Waals surface area contributed by atoms with E-state index in [1.165, 1.54) is 0 Å². The van der Waals surface area contributed by atoms with Crippen molar-refractivity contribution in [3.63, 3.8) is 0 Å². The van der Waals surface area contributed by atoms with Crippen LogP contribution in [-0.4, -0.2) is 12.0 Å². The summed E-state index contributed by atoms with van der Waals surface area (Å²) in [4.78, 5) is 10.9. The van der Waals surface area contributed by atoms with Crippen molar-refractivity contribution in [3.05, 3.63) is 35.9 Å². The van der Waals surface area contributed by atoms with Crippen LogP contribution in [0, 0.1) is 11.3 Å². The lowest BCUT2D eigenvalue weighted by Crippen LogP contribution is -2.30. The minimum atomic E-state index is -0.824. The Morgan fingerprint density at radius 3 is 2.67 bits per heavy atom. The molecule has 0 radical (unpaired) electrons. The highest BCUT2D eigenvalue weighted by Gasteiger charge is 2.14. The van der Waals surface area contributed by atoms with E-state index in [9.17, 15) is 4.79 Å². The molecule has 0 aromatic heterocycles. The Morgan fingerprint density at radius 1 is 1.47 bits per heavy atom. The van der Waals surface area contributed by atoms with Crippen molar-refractivity contribution in [1.29, 1.82) is 5.26 Å². The number of rotatable bonds is 5. The number of hydrogen-bond donors (Lipinski definition) is 1. The summed E-state index contributed by atoms with van der Waals surface area (Å²) in [5.41, 5.74) is 6.02. The third-order valence-corrected chi connectivity index (χ3v) is 1.89. The third-order valence-electron chi connectivity index (χ3n) is 1.89. The van der Waals surface area contributed by atoms with E-state index in [1.54, 1.807) is 0 Å². The molecule has 0 saturated heterocycles. The number of nitrogens with two attached hydrogens (primary N) is 1. The second kappa shape index (κ2) is 5.78. The molecule has 0 saturated carbocycles. The topological polar surface area (TPSA) is 76.1 Å². The van der Waals surface area contributed by atoms with Gasteiger partial charge < -0.3 is 10.5 Å². The number of carbonyl (C=O) groups excluding carboxylic acids is 1. The first-order chi connectivity index (χ1) is 7.24. The van der Waals surface area contributed by atoms with Crippen molar-refractivity contribution in [2.75, 3.05) is 0 Å². The summed E-state index contributed by atoms with van der Waals surface area (Å²) in [7, 11) is 0. The van der Waals surface area contributed by atoms with Crippen molar-refractivity contribution >= 4 is 5.91 Å². The van der Waals surface area contributed by atoms with E-state index in [2.05, 4.69) is 0 Å². The number of benzene rings is 1. The quantitative estimate of drug-likeness (QED) is 0.776. The zero-order valence-electron chi connectivity index (χ0n) is 8.22. The van der Waals surface area contributed by atoms with E-state index >= 15 is 0 Å². The smallest absolute Gasteiger partial charge is 0.247 e. The van der Waals surface area contributed by atoms with Gasteiger partial charge in [0.25, 0.3) is 0 Å². The zero-order chi connectivity index (χ0) is 11.1. The van der Waals surface area contributed by atoms with E-state index in [4.69, 9.17) is 15.7 Å². The van der Waals surface area contributed by atoms with E-state index in [0.717, 1.165) is 5.56 Å². The highest BCUT2D eigenvalue weighted by atomic mass is 16.5. The normalized spacial score (nSPS) is 11.7. The van der Waals surface area contributed by atoms with Crippen LogP contribution >= 0.6 is 0 Å². The van der Waals surface area contributed by atoms with Crippen molar-refractivity contribution in [1.82, 2.24) is 0 Å². The molecule has 1 rings (SSSR count). The number of nitriles is 1. The van der Waals surface area contributed by atoms with Crippen molar-refractivity contribution < 1.29 is 9.53 Å². The van der Waals surface area contributed by atoms with E-state index in [0.29, 0.717) is 0 Å². The molecule has 0 aliphatic carbocycles. The summed E-state index contributed by atoms with van der Waals surface area (Å²) < 4.78 is 5.23. The number of hydrogen-bond acceptors (Lipinski definition) is 3. The molecule has 0 aliphatic rings. The highest BCUT2D eigenvalue weighted by molar-refractivity contribution is 5.79. The molecule has 0 bridgehead atoms. The molecule has 4 nitrogen and oxygen atoms in total. The molecule has 78 valence electrons. The SMILES string of the molecule is N#CC[C@@H](OCc1ccccc1)C(N)=O. The monoisotopic (exact) mass is 204 g/mol. The van der Waals surface area contributed by atoms with Gasteiger partial charge >= 0.3 is 0 Å². The molecule has 1 amide bonds. The van der Waals surface area contributed by atoms with E-state index in [1.807, 2.05) is 36.4 Å². The Kier molecular flexibility index (Phi) is 4.32. The van der Waals surface area contributed by atoms with Gasteiger partial charge in [-0.15, -0.1) is 0 Å². The molecule has 4 heteroatoms. The Bertz CT molecular complexity index is 357. The van der Waals surface area contributed by atoms with Gasteiger partial charge in [0.15, 0.2) is 0 Å². The average Bonchev–Trinajstić information content (AvgIpc) is 2.25. The lowest BCUT2D eigenvalue weighted by Gasteiger charge is -2.10. The molecule has 0 spiro atoms. The van der Waals surface area contributed by atoms with Gasteiger partial charge in [0.1, 0.15) is 6.10 Å². The van der Waals surface area contributed by atoms with Gasteiger partial charge in [-0.2, -0.15) is 5.26 Å². The van der Waals surface area contributed by atoms with Gasteiger partial charge in [0.2, 0.25) is 5.91 Å². The molecular formula is C11H12N2O2. The average molecular weight is 204 g/mol. The lowest BCUT2D eigenvalue weighted by molar-refractivity contribution is -0.129. The molecule has 0 aliphatic heterocycles. The van der Waals surface area contributed by atoms with Crippen molar-refractivity contribution in [2.45, 2.75) is 19.1 Å². The summed E-state index contributed by atoms with van der Waals surface area (Å²) in [6.07, 6.45) is -0.836. The summed E-state index contributed by atoms with van der Waals surface area (Å²) in [6.45, 7) is 0.288. The lowest BCUT2D eigenvalue weighted by atomic mass is 10.2. The largest absolute Gasteiger partial charge is 0.367 e. The van der Waals surface area contributed by atoms with Crippen LogP contribution in [-0.2, 0) is 16.1 Å². The number of amides is 1. The molecule has 15 heavy (non-hydrogen) atoms. The van der Waals surface area contributed by atoms with Crippen LogP contribution in [0.25, 0.3) is 0 Å². The molecule has 0 fully saturated rings. The predicted octanol–water partition coefficient (Wildman–Crippen LogP) is 0.971. The first kappa shape index (κ1) is 11.2. The third kappa shape index (κ3) is 3.79. The summed E-state index contributed by atoms with van der Waals surface area (Å²) in [6, 6.07) is 11.3. The molecule has 1 aromatic rings. The Balaban J connectivity index is 2.48. The van der Waals surface area contributed by atoms with Crippen molar-refractivity contribution in [2.24, 2.45) is 5.73 Å². The predicted molar refractivity (Wildman–Crippen MR) is 54.4 cm³/mol. The van der Waals surface area contributed by atoms with Crippen LogP contribution in [0.3, 0.4) is 0 Å². The maximum Gasteiger partial charge on any atom is 0.247 e.